The lowest BCUT2D eigenvalue weighted by atomic mass is 9.99. The second-order valence-corrected chi connectivity index (χ2v) is 7.50. The van der Waals surface area contributed by atoms with E-state index in [4.69, 9.17) is 0 Å². The molecule has 0 N–H and O–H groups in total. The third kappa shape index (κ3) is 5.31. The summed E-state index contributed by atoms with van der Waals surface area (Å²) in [6, 6.07) is 18.3. The van der Waals surface area contributed by atoms with E-state index in [-0.39, 0.29) is 0 Å². The summed E-state index contributed by atoms with van der Waals surface area (Å²) in [4.78, 5) is 2.54. The van der Waals surface area contributed by atoms with Gasteiger partial charge in [0.1, 0.15) is 0 Å². The van der Waals surface area contributed by atoms with Crippen molar-refractivity contribution in [3.63, 3.8) is 0 Å². The molecule has 0 aliphatic heterocycles. The molecule has 2 aromatic carbocycles. The number of nitrogens with zero attached hydrogens (tertiary/aromatic N) is 1. The van der Waals surface area contributed by atoms with Crippen LogP contribution in [0.3, 0.4) is 0 Å². The van der Waals surface area contributed by atoms with Crippen LogP contribution in [0.5, 0.6) is 0 Å². The SMILES string of the molecule is CC(C)N(C/C=C/c1ccccc1)Cc1ccc2c(c1)CCCCC2. The van der Waals surface area contributed by atoms with E-state index in [2.05, 4.69) is 79.4 Å². The fourth-order valence-electron chi connectivity index (χ4n) is 3.64. The predicted octanol–water partition coefficient (Wildman–Crippen LogP) is 5.88. The molecule has 0 saturated heterocycles. The molecule has 0 saturated carbocycles. The van der Waals surface area contributed by atoms with Gasteiger partial charge >= 0.3 is 0 Å². The highest BCUT2D eigenvalue weighted by Gasteiger charge is 2.12. The first-order chi connectivity index (χ1) is 12.2. The van der Waals surface area contributed by atoms with E-state index in [0.717, 1.165) is 13.1 Å². The molecule has 0 amide bonds. The molecule has 1 aliphatic rings. The van der Waals surface area contributed by atoms with Gasteiger partial charge in [-0.25, -0.2) is 0 Å². The Morgan fingerprint density at radius 3 is 2.44 bits per heavy atom. The Bertz CT molecular complexity index is 684. The number of hydrogen-bond donors (Lipinski definition) is 0. The molecule has 0 heterocycles. The summed E-state index contributed by atoms with van der Waals surface area (Å²) in [6.45, 7) is 6.60. The van der Waals surface area contributed by atoms with E-state index in [1.165, 1.54) is 43.2 Å². The molecule has 0 aromatic heterocycles. The predicted molar refractivity (Wildman–Crippen MR) is 109 cm³/mol. The van der Waals surface area contributed by atoms with Gasteiger partial charge in [0.2, 0.25) is 0 Å². The molecule has 0 fully saturated rings. The van der Waals surface area contributed by atoms with Crippen molar-refractivity contribution in [2.24, 2.45) is 0 Å². The first kappa shape index (κ1) is 17.9. The van der Waals surface area contributed by atoms with Crippen LogP contribution in [0, 0.1) is 0 Å². The largest absolute Gasteiger partial charge is 0.293 e. The quantitative estimate of drug-likeness (QED) is 0.597. The molecule has 0 bridgehead atoms. The van der Waals surface area contributed by atoms with Crippen LogP contribution in [0.4, 0.5) is 0 Å². The first-order valence-corrected chi connectivity index (χ1v) is 9.78. The van der Waals surface area contributed by atoms with Crippen molar-refractivity contribution in [3.05, 3.63) is 76.9 Å². The standard InChI is InChI=1S/C24H31N/c1-20(2)25(17-9-12-21-10-5-3-6-11-21)19-22-15-16-23-13-7-4-8-14-24(23)18-22/h3,5-6,9-12,15-16,18,20H,4,7-8,13-14,17,19H2,1-2H3/b12-9+. The van der Waals surface area contributed by atoms with Gasteiger partial charge in [-0.15, -0.1) is 0 Å². The maximum Gasteiger partial charge on any atom is 0.0239 e. The van der Waals surface area contributed by atoms with Gasteiger partial charge in [0.05, 0.1) is 0 Å². The summed E-state index contributed by atoms with van der Waals surface area (Å²) >= 11 is 0. The van der Waals surface area contributed by atoms with Gasteiger partial charge in [-0.2, -0.15) is 0 Å². The zero-order valence-corrected chi connectivity index (χ0v) is 15.7. The van der Waals surface area contributed by atoms with Gasteiger partial charge in [0.25, 0.3) is 0 Å². The molecule has 25 heavy (non-hydrogen) atoms. The summed E-state index contributed by atoms with van der Waals surface area (Å²) in [5.74, 6) is 0. The van der Waals surface area contributed by atoms with Crippen molar-refractivity contribution in [2.75, 3.05) is 6.54 Å². The molecule has 0 spiro atoms. The second kappa shape index (κ2) is 9.01. The van der Waals surface area contributed by atoms with E-state index in [1.54, 1.807) is 11.1 Å². The van der Waals surface area contributed by atoms with Gasteiger partial charge in [-0.3, -0.25) is 4.90 Å². The van der Waals surface area contributed by atoms with E-state index in [9.17, 15) is 0 Å². The Hall–Kier alpha value is -1.86. The first-order valence-electron chi connectivity index (χ1n) is 9.78. The normalized spacial score (nSPS) is 14.9. The lowest BCUT2D eigenvalue weighted by molar-refractivity contribution is 0.237. The molecule has 3 rings (SSSR count). The molecule has 1 nitrogen and oxygen atoms in total. The smallest absolute Gasteiger partial charge is 0.0239 e. The third-order valence-corrected chi connectivity index (χ3v) is 5.23. The topological polar surface area (TPSA) is 3.24 Å². The number of aryl methyl sites for hydroxylation is 2. The van der Waals surface area contributed by atoms with Crippen LogP contribution in [-0.2, 0) is 19.4 Å². The van der Waals surface area contributed by atoms with E-state index in [1.807, 2.05) is 0 Å². The summed E-state index contributed by atoms with van der Waals surface area (Å²) in [5.41, 5.74) is 5.92. The lowest BCUT2D eigenvalue weighted by Gasteiger charge is -2.25. The Morgan fingerprint density at radius 1 is 0.920 bits per heavy atom. The Balaban J connectivity index is 1.65. The highest BCUT2D eigenvalue weighted by molar-refractivity contribution is 5.48. The monoisotopic (exact) mass is 333 g/mol. The molecule has 1 heteroatoms. The Morgan fingerprint density at radius 2 is 1.68 bits per heavy atom. The van der Waals surface area contributed by atoms with Crippen molar-refractivity contribution in [2.45, 2.75) is 58.5 Å². The maximum absolute atomic E-state index is 2.54. The molecular weight excluding hydrogens is 302 g/mol. The summed E-state index contributed by atoms with van der Waals surface area (Å²) in [6.07, 6.45) is 11.1. The Kier molecular flexibility index (Phi) is 6.47. The fourth-order valence-corrected chi connectivity index (χ4v) is 3.64. The van der Waals surface area contributed by atoms with E-state index in [0.29, 0.717) is 6.04 Å². The zero-order valence-electron chi connectivity index (χ0n) is 15.7. The Labute approximate surface area is 153 Å². The minimum atomic E-state index is 0.541. The number of fused-ring (bicyclic) bond motifs is 1. The van der Waals surface area contributed by atoms with Crippen molar-refractivity contribution in [1.29, 1.82) is 0 Å². The highest BCUT2D eigenvalue weighted by atomic mass is 15.1. The van der Waals surface area contributed by atoms with Gasteiger partial charge in [-0.1, -0.05) is 67.1 Å². The van der Waals surface area contributed by atoms with Gasteiger partial charge in [-0.05, 0) is 61.8 Å². The van der Waals surface area contributed by atoms with Crippen LogP contribution in [0.25, 0.3) is 6.08 Å². The van der Waals surface area contributed by atoms with Crippen LogP contribution in [-0.4, -0.2) is 17.5 Å². The molecule has 132 valence electrons. The van der Waals surface area contributed by atoms with Crippen LogP contribution >= 0.6 is 0 Å². The van der Waals surface area contributed by atoms with Gasteiger partial charge in [0, 0.05) is 19.1 Å². The van der Waals surface area contributed by atoms with Crippen molar-refractivity contribution in [1.82, 2.24) is 4.90 Å². The van der Waals surface area contributed by atoms with Crippen LogP contribution in [0.15, 0.2) is 54.6 Å². The summed E-state index contributed by atoms with van der Waals surface area (Å²) in [7, 11) is 0. The zero-order chi connectivity index (χ0) is 17.5. The van der Waals surface area contributed by atoms with Gasteiger partial charge in [0.15, 0.2) is 0 Å². The van der Waals surface area contributed by atoms with Crippen LogP contribution in [0.2, 0.25) is 0 Å². The second-order valence-electron chi connectivity index (χ2n) is 7.50. The average molecular weight is 334 g/mol. The molecule has 0 unspecified atom stereocenters. The summed E-state index contributed by atoms with van der Waals surface area (Å²) in [5, 5.41) is 0. The summed E-state index contributed by atoms with van der Waals surface area (Å²) < 4.78 is 0. The molecule has 0 atom stereocenters. The van der Waals surface area contributed by atoms with Crippen molar-refractivity contribution in [3.8, 4) is 0 Å². The van der Waals surface area contributed by atoms with Crippen LogP contribution < -0.4 is 0 Å². The molecule has 2 aromatic rings. The minimum absolute atomic E-state index is 0.541. The minimum Gasteiger partial charge on any atom is -0.293 e. The average Bonchev–Trinajstić information content (AvgIpc) is 2.86. The maximum atomic E-state index is 2.54. The van der Waals surface area contributed by atoms with E-state index >= 15 is 0 Å². The number of hydrogen-bond acceptors (Lipinski definition) is 1. The molecule has 1 aliphatic carbocycles. The van der Waals surface area contributed by atoms with Crippen molar-refractivity contribution >= 4 is 6.08 Å². The number of rotatable bonds is 6. The lowest BCUT2D eigenvalue weighted by Crippen LogP contribution is -2.30. The molecule has 0 radical (unpaired) electrons. The number of benzene rings is 2. The highest BCUT2D eigenvalue weighted by Crippen LogP contribution is 2.22. The van der Waals surface area contributed by atoms with Crippen molar-refractivity contribution < 1.29 is 0 Å². The molecular formula is C24H31N. The van der Waals surface area contributed by atoms with E-state index < -0.39 is 0 Å². The van der Waals surface area contributed by atoms with Gasteiger partial charge < -0.3 is 0 Å². The van der Waals surface area contributed by atoms with Crippen LogP contribution in [0.1, 0.15) is 55.4 Å². The third-order valence-electron chi connectivity index (χ3n) is 5.23. The fraction of sp³-hybridized carbons (Fsp3) is 0.417.